The van der Waals surface area contributed by atoms with E-state index in [1.165, 1.54) is 44.6 Å². The fourth-order valence-electron chi connectivity index (χ4n) is 7.81. The molecule has 1 aromatic carbocycles. The van der Waals surface area contributed by atoms with Crippen LogP contribution in [-0.4, -0.2) is 18.2 Å². The fraction of sp³-hybridized carbons (Fsp3) is 0.742. The Labute approximate surface area is 210 Å². The molecule has 0 heterocycles. The first kappa shape index (κ1) is 25.0. The highest BCUT2D eigenvalue weighted by Gasteiger charge is 2.51. The van der Waals surface area contributed by atoms with Gasteiger partial charge in [-0.3, -0.25) is 9.59 Å². The summed E-state index contributed by atoms with van der Waals surface area (Å²) >= 11 is 0. The number of ether oxygens (including phenoxy) is 1. The maximum Gasteiger partial charge on any atom is 0.166 e. The van der Waals surface area contributed by atoms with Crippen LogP contribution >= 0.6 is 0 Å². The third-order valence-electron chi connectivity index (χ3n) is 9.20. The van der Waals surface area contributed by atoms with Crippen molar-refractivity contribution >= 4 is 11.6 Å². The van der Waals surface area contributed by atoms with Gasteiger partial charge in [0.25, 0.3) is 0 Å². The molecular formula is C31H43FO3. The van der Waals surface area contributed by atoms with Crippen molar-refractivity contribution in [3.8, 4) is 5.75 Å². The van der Waals surface area contributed by atoms with Crippen molar-refractivity contribution in [3.05, 3.63) is 29.1 Å². The molecule has 5 aliphatic rings. The Bertz CT molecular complexity index is 948. The van der Waals surface area contributed by atoms with Gasteiger partial charge in [-0.1, -0.05) is 27.7 Å². The van der Waals surface area contributed by atoms with Crippen LogP contribution in [0.3, 0.4) is 0 Å². The van der Waals surface area contributed by atoms with Crippen LogP contribution in [0.5, 0.6) is 5.75 Å². The highest BCUT2D eigenvalue weighted by molar-refractivity contribution is 5.99. The van der Waals surface area contributed by atoms with Crippen LogP contribution in [0.15, 0.2) is 12.1 Å². The SMILES string of the molecule is CC[C@H](CC(=O)c1cc(C2CC2)c(OCC23CC4CC(CC(C4)C2)C3)cc1F)C(=O)CC(C)(C)C. The summed E-state index contributed by atoms with van der Waals surface area (Å²) in [6.45, 7) is 8.71. The number of Topliss-reactive ketones (excluding diaryl/α,β-unsaturated/α-hetero) is 2. The second-order valence-corrected chi connectivity index (χ2v) is 13.8. The van der Waals surface area contributed by atoms with E-state index in [9.17, 15) is 9.59 Å². The lowest BCUT2D eigenvalue weighted by atomic mass is 9.50. The fourth-order valence-corrected chi connectivity index (χ4v) is 7.81. The van der Waals surface area contributed by atoms with Crippen molar-refractivity contribution in [3.63, 3.8) is 0 Å². The van der Waals surface area contributed by atoms with Crippen molar-refractivity contribution in [1.29, 1.82) is 0 Å². The molecule has 0 aliphatic heterocycles. The maximum absolute atomic E-state index is 15.3. The molecule has 1 aromatic rings. The lowest BCUT2D eigenvalue weighted by molar-refractivity contribution is -0.124. The van der Waals surface area contributed by atoms with E-state index in [4.69, 9.17) is 4.74 Å². The van der Waals surface area contributed by atoms with Crippen LogP contribution in [0.2, 0.25) is 0 Å². The van der Waals surface area contributed by atoms with Gasteiger partial charge in [0.1, 0.15) is 17.3 Å². The summed E-state index contributed by atoms with van der Waals surface area (Å²) in [6, 6.07) is 3.23. The summed E-state index contributed by atoms with van der Waals surface area (Å²) in [5, 5.41) is 0. The largest absolute Gasteiger partial charge is 0.493 e. The topological polar surface area (TPSA) is 43.4 Å². The van der Waals surface area contributed by atoms with E-state index in [1.54, 1.807) is 6.07 Å². The molecule has 5 fully saturated rings. The third-order valence-corrected chi connectivity index (χ3v) is 9.20. The predicted octanol–water partition coefficient (Wildman–Crippen LogP) is 7.90. The van der Waals surface area contributed by atoms with Crippen molar-refractivity contribution in [2.75, 3.05) is 6.61 Å². The average molecular weight is 483 g/mol. The number of halogens is 1. The molecule has 1 atom stereocenters. The van der Waals surface area contributed by atoms with Crippen LogP contribution < -0.4 is 4.74 Å². The second kappa shape index (κ2) is 9.30. The van der Waals surface area contributed by atoms with Gasteiger partial charge in [0, 0.05) is 30.2 Å². The van der Waals surface area contributed by atoms with Gasteiger partial charge >= 0.3 is 0 Å². The highest BCUT2D eigenvalue weighted by atomic mass is 19.1. The van der Waals surface area contributed by atoms with Crippen molar-refractivity contribution in [2.24, 2.45) is 34.5 Å². The summed E-state index contributed by atoms with van der Waals surface area (Å²) in [6.07, 6.45) is 11.2. The highest BCUT2D eigenvalue weighted by Crippen LogP contribution is 2.60. The van der Waals surface area contributed by atoms with E-state index >= 15 is 4.39 Å². The first-order chi connectivity index (χ1) is 16.5. The van der Waals surface area contributed by atoms with Crippen LogP contribution in [-0.2, 0) is 4.79 Å². The number of carbonyl (C=O) groups is 2. The quantitative estimate of drug-likeness (QED) is 0.318. The molecule has 0 unspecified atom stereocenters. The molecule has 3 nitrogen and oxygen atoms in total. The van der Waals surface area contributed by atoms with Crippen LogP contribution in [0.4, 0.5) is 4.39 Å². The smallest absolute Gasteiger partial charge is 0.166 e. The Morgan fingerprint density at radius 3 is 2.17 bits per heavy atom. The van der Waals surface area contributed by atoms with Gasteiger partial charge in [-0.25, -0.2) is 4.39 Å². The molecule has 6 rings (SSSR count). The lowest BCUT2D eigenvalue weighted by Gasteiger charge is -2.56. The molecule has 192 valence electrons. The van der Waals surface area contributed by atoms with E-state index in [0.29, 0.717) is 31.1 Å². The molecule has 0 amide bonds. The van der Waals surface area contributed by atoms with Crippen molar-refractivity contribution < 1.29 is 18.7 Å². The first-order valence-corrected chi connectivity index (χ1v) is 14.1. The molecule has 35 heavy (non-hydrogen) atoms. The lowest BCUT2D eigenvalue weighted by Crippen LogP contribution is -2.48. The summed E-state index contributed by atoms with van der Waals surface area (Å²) in [5.41, 5.74) is 1.28. The predicted molar refractivity (Wildman–Crippen MR) is 136 cm³/mol. The van der Waals surface area contributed by atoms with E-state index in [1.807, 2.05) is 27.7 Å². The molecular weight excluding hydrogens is 439 g/mol. The molecule has 4 heteroatoms. The number of ketones is 2. The zero-order chi connectivity index (χ0) is 25.0. The molecule has 5 saturated carbocycles. The zero-order valence-electron chi connectivity index (χ0n) is 22.1. The van der Waals surface area contributed by atoms with Crippen LogP contribution in [0, 0.1) is 40.3 Å². The van der Waals surface area contributed by atoms with Gasteiger partial charge in [0.15, 0.2) is 5.78 Å². The minimum absolute atomic E-state index is 0.0833. The van der Waals surface area contributed by atoms with E-state index < -0.39 is 5.82 Å². The summed E-state index contributed by atoms with van der Waals surface area (Å²) in [7, 11) is 0. The van der Waals surface area contributed by atoms with Crippen molar-refractivity contribution in [2.45, 2.75) is 104 Å². The molecule has 0 spiro atoms. The molecule has 0 N–H and O–H groups in total. The zero-order valence-corrected chi connectivity index (χ0v) is 22.1. The number of hydrogen-bond acceptors (Lipinski definition) is 3. The average Bonchev–Trinajstić information content (AvgIpc) is 3.59. The van der Waals surface area contributed by atoms with E-state index in [-0.39, 0.29) is 40.3 Å². The monoisotopic (exact) mass is 482 g/mol. The number of carbonyl (C=O) groups excluding carboxylic acids is 2. The number of benzene rings is 1. The van der Waals surface area contributed by atoms with Gasteiger partial charge in [-0.15, -0.1) is 0 Å². The van der Waals surface area contributed by atoms with Gasteiger partial charge < -0.3 is 4.74 Å². The Morgan fingerprint density at radius 2 is 1.66 bits per heavy atom. The number of rotatable bonds is 10. The van der Waals surface area contributed by atoms with E-state index in [0.717, 1.165) is 36.2 Å². The normalized spacial score (nSPS) is 30.4. The minimum atomic E-state index is -0.502. The Morgan fingerprint density at radius 1 is 1.06 bits per heavy atom. The van der Waals surface area contributed by atoms with E-state index in [2.05, 4.69) is 0 Å². The molecule has 4 bridgehead atoms. The Hall–Kier alpha value is -1.71. The molecule has 0 radical (unpaired) electrons. The van der Waals surface area contributed by atoms with Gasteiger partial charge in [0.05, 0.1) is 12.2 Å². The number of hydrogen-bond donors (Lipinski definition) is 0. The Balaban J connectivity index is 1.30. The molecule has 0 aromatic heterocycles. The van der Waals surface area contributed by atoms with Crippen LogP contribution in [0.1, 0.15) is 120 Å². The van der Waals surface area contributed by atoms with Gasteiger partial charge in [-0.05, 0) is 98.5 Å². The van der Waals surface area contributed by atoms with Crippen LogP contribution in [0.25, 0.3) is 0 Å². The standard InChI is InChI=1S/C31H43FO3/c1-5-22(28(34)17-30(2,3)4)11-27(33)25-12-24(23-6-7-23)29(13-26(25)32)35-18-31-14-19-8-20(15-31)10-21(9-19)16-31/h12-13,19-23H,5-11,14-18H2,1-4H3/t19?,20?,21?,22-,31?/m1/s1. The van der Waals surface area contributed by atoms with Gasteiger partial charge in [-0.2, -0.15) is 0 Å². The van der Waals surface area contributed by atoms with Gasteiger partial charge in [0.2, 0.25) is 0 Å². The molecule has 0 saturated heterocycles. The summed E-state index contributed by atoms with van der Waals surface area (Å²) in [5.74, 6) is 2.57. The summed E-state index contributed by atoms with van der Waals surface area (Å²) < 4.78 is 21.7. The maximum atomic E-state index is 15.3. The third kappa shape index (κ3) is 5.52. The minimum Gasteiger partial charge on any atom is -0.493 e. The molecule has 5 aliphatic carbocycles. The summed E-state index contributed by atoms with van der Waals surface area (Å²) in [4.78, 5) is 25.9. The first-order valence-electron chi connectivity index (χ1n) is 14.1. The second-order valence-electron chi connectivity index (χ2n) is 13.8. The van der Waals surface area contributed by atoms with Crippen molar-refractivity contribution in [1.82, 2.24) is 0 Å². The Kier molecular flexibility index (Phi) is 6.64.